The van der Waals surface area contributed by atoms with E-state index in [0.717, 1.165) is 6.26 Å². The summed E-state index contributed by atoms with van der Waals surface area (Å²) in [7, 11) is -3.60. The van der Waals surface area contributed by atoms with E-state index in [1.54, 1.807) is 0 Å². The van der Waals surface area contributed by atoms with Crippen LogP contribution in [0, 0.1) is 0 Å². The Balaban J connectivity index is 2.66. The molecule has 1 aliphatic heterocycles. The quantitative estimate of drug-likeness (QED) is 0.358. The fraction of sp³-hybridized carbons (Fsp3) is 0.750. The molecule has 1 unspecified atom stereocenters. The fourth-order valence-corrected chi connectivity index (χ4v) is 1.70. The van der Waals surface area contributed by atoms with Gasteiger partial charge >= 0.3 is 11.9 Å². The highest BCUT2D eigenvalue weighted by atomic mass is 32.2. The van der Waals surface area contributed by atoms with Gasteiger partial charge in [0.05, 0.1) is 13.2 Å². The topological polar surface area (TPSA) is 125 Å². The maximum Gasteiger partial charge on any atom is 0.387 e. The van der Waals surface area contributed by atoms with Crippen LogP contribution in [0.1, 0.15) is 0 Å². The summed E-state index contributed by atoms with van der Waals surface area (Å²) >= 11 is 0. The minimum Gasteiger partial charge on any atom is -0.444 e. The Morgan fingerprint density at radius 1 is 1.39 bits per heavy atom. The molecule has 0 aliphatic carbocycles. The average molecular weight is 284 g/mol. The van der Waals surface area contributed by atoms with E-state index in [9.17, 15) is 18.0 Å². The molecule has 1 heterocycles. The van der Waals surface area contributed by atoms with Gasteiger partial charge in [-0.05, 0) is 0 Å². The number of rotatable bonds is 5. The number of ether oxygens (including phenoxy) is 3. The van der Waals surface area contributed by atoms with Crippen LogP contribution in [0.5, 0.6) is 0 Å². The summed E-state index contributed by atoms with van der Waals surface area (Å²) in [5, 5.41) is 8.24. The first kappa shape index (κ1) is 14.8. The van der Waals surface area contributed by atoms with Crippen LogP contribution >= 0.6 is 0 Å². The smallest absolute Gasteiger partial charge is 0.387 e. The van der Waals surface area contributed by atoms with E-state index in [1.165, 1.54) is 0 Å². The lowest BCUT2D eigenvalue weighted by Crippen LogP contribution is -2.41. The fourth-order valence-electron chi connectivity index (χ4n) is 1.21. The van der Waals surface area contributed by atoms with E-state index >= 15 is 0 Å². The van der Waals surface area contributed by atoms with Crippen molar-refractivity contribution in [3.63, 3.8) is 0 Å². The Hall–Kier alpha value is -1.23. The number of hydrogen-bond acceptors (Lipinski definition) is 9. The van der Waals surface area contributed by atoms with Crippen molar-refractivity contribution in [3.8, 4) is 0 Å². The summed E-state index contributed by atoms with van der Waals surface area (Å²) in [5.41, 5.74) is 0. The molecular formula is C8H12O9S. The number of hydrogen-bond donors (Lipinski definition) is 1. The van der Waals surface area contributed by atoms with Crippen molar-refractivity contribution in [1.82, 2.24) is 0 Å². The summed E-state index contributed by atoms with van der Waals surface area (Å²) in [4.78, 5) is 25.8. The Kier molecular flexibility index (Phi) is 5.02. The van der Waals surface area contributed by atoms with E-state index in [1.807, 2.05) is 0 Å². The summed E-state index contributed by atoms with van der Waals surface area (Å²) in [6, 6.07) is 0. The molecule has 9 nitrogen and oxygen atoms in total. The van der Waals surface area contributed by atoms with Gasteiger partial charge in [0.1, 0.15) is 5.75 Å². The first-order valence-electron chi connectivity index (χ1n) is 4.79. The first-order valence-corrected chi connectivity index (χ1v) is 6.85. The molecule has 0 radical (unpaired) electrons. The van der Waals surface area contributed by atoms with Crippen LogP contribution in [0.4, 0.5) is 0 Å². The van der Waals surface area contributed by atoms with Gasteiger partial charge in [-0.2, -0.15) is 5.26 Å². The van der Waals surface area contributed by atoms with Crippen molar-refractivity contribution in [2.75, 3.05) is 25.2 Å². The Bertz CT molecular complexity index is 408. The molecule has 1 N–H and O–H groups in total. The SMILES string of the molecule is CS(=O)(=O)CC(=O)OC(C(=O)OO)C1OCCO1. The van der Waals surface area contributed by atoms with Crippen molar-refractivity contribution in [2.24, 2.45) is 0 Å². The lowest BCUT2D eigenvalue weighted by atomic mass is 10.3. The highest BCUT2D eigenvalue weighted by Crippen LogP contribution is 2.13. The van der Waals surface area contributed by atoms with Crippen LogP contribution in [0.3, 0.4) is 0 Å². The van der Waals surface area contributed by atoms with Gasteiger partial charge in [0.25, 0.3) is 6.10 Å². The molecule has 1 fully saturated rings. The minimum absolute atomic E-state index is 0.170. The molecule has 0 aromatic heterocycles. The Morgan fingerprint density at radius 2 is 1.94 bits per heavy atom. The molecule has 104 valence electrons. The average Bonchev–Trinajstić information content (AvgIpc) is 2.75. The third-order valence-corrected chi connectivity index (χ3v) is 2.62. The monoisotopic (exact) mass is 284 g/mol. The molecule has 0 amide bonds. The van der Waals surface area contributed by atoms with Gasteiger partial charge in [0.2, 0.25) is 6.29 Å². The molecule has 0 spiro atoms. The molecule has 0 aromatic rings. The van der Waals surface area contributed by atoms with Gasteiger partial charge in [-0.15, -0.1) is 0 Å². The van der Waals surface area contributed by atoms with Crippen LogP contribution in [0.25, 0.3) is 0 Å². The van der Waals surface area contributed by atoms with Gasteiger partial charge in [-0.3, -0.25) is 9.68 Å². The lowest BCUT2D eigenvalue weighted by Gasteiger charge is -2.18. The first-order chi connectivity index (χ1) is 8.33. The maximum atomic E-state index is 11.2. The Morgan fingerprint density at radius 3 is 2.39 bits per heavy atom. The second kappa shape index (κ2) is 6.09. The third-order valence-electron chi connectivity index (χ3n) is 1.86. The van der Waals surface area contributed by atoms with E-state index < -0.39 is 39.9 Å². The zero-order chi connectivity index (χ0) is 13.8. The number of carbonyl (C=O) groups is 2. The number of sulfone groups is 1. The summed E-state index contributed by atoms with van der Waals surface area (Å²) in [6.45, 7) is 0.340. The van der Waals surface area contributed by atoms with Crippen molar-refractivity contribution < 1.29 is 42.4 Å². The number of esters is 1. The molecule has 1 aliphatic rings. The predicted molar refractivity (Wildman–Crippen MR) is 54.0 cm³/mol. The molecule has 1 atom stereocenters. The zero-order valence-electron chi connectivity index (χ0n) is 9.40. The highest BCUT2D eigenvalue weighted by Gasteiger charge is 2.38. The van der Waals surface area contributed by atoms with E-state index in [-0.39, 0.29) is 13.2 Å². The van der Waals surface area contributed by atoms with Crippen molar-refractivity contribution in [2.45, 2.75) is 12.4 Å². The molecule has 18 heavy (non-hydrogen) atoms. The predicted octanol–water partition coefficient (Wildman–Crippen LogP) is -1.67. The number of carbonyl (C=O) groups excluding carboxylic acids is 2. The van der Waals surface area contributed by atoms with E-state index in [0.29, 0.717) is 0 Å². The largest absolute Gasteiger partial charge is 0.444 e. The molecular weight excluding hydrogens is 272 g/mol. The Labute approximate surface area is 102 Å². The van der Waals surface area contributed by atoms with E-state index in [4.69, 9.17) is 14.7 Å². The summed E-state index contributed by atoms with van der Waals surface area (Å²) < 4.78 is 36.1. The van der Waals surface area contributed by atoms with Crippen LogP contribution < -0.4 is 0 Å². The van der Waals surface area contributed by atoms with Crippen LogP contribution in [0.15, 0.2) is 0 Å². The molecule has 1 rings (SSSR count). The summed E-state index contributed by atoms with van der Waals surface area (Å²) in [6.07, 6.45) is -2.07. The van der Waals surface area contributed by atoms with Crippen molar-refractivity contribution in [1.29, 1.82) is 0 Å². The van der Waals surface area contributed by atoms with Gasteiger partial charge < -0.3 is 14.2 Å². The second-order valence-corrected chi connectivity index (χ2v) is 5.64. The second-order valence-electron chi connectivity index (χ2n) is 3.50. The third kappa shape index (κ3) is 4.56. The maximum absolute atomic E-state index is 11.2. The normalized spacial score (nSPS) is 18.3. The minimum atomic E-state index is -3.60. The van der Waals surface area contributed by atoms with Gasteiger partial charge in [0, 0.05) is 6.26 Å². The van der Waals surface area contributed by atoms with Crippen LogP contribution in [-0.2, 0) is 38.5 Å². The zero-order valence-corrected chi connectivity index (χ0v) is 10.2. The van der Waals surface area contributed by atoms with Crippen molar-refractivity contribution >= 4 is 21.8 Å². The standard InChI is InChI=1S/C8H12O9S/c1-18(12,13)4-5(9)16-6(7(10)17-11)8-14-2-3-15-8/h6,8,11H,2-4H2,1H3. The lowest BCUT2D eigenvalue weighted by molar-refractivity contribution is -0.255. The molecule has 10 heteroatoms. The van der Waals surface area contributed by atoms with Gasteiger partial charge in [-0.25, -0.2) is 13.2 Å². The molecule has 0 aromatic carbocycles. The highest BCUT2D eigenvalue weighted by molar-refractivity contribution is 7.91. The van der Waals surface area contributed by atoms with Gasteiger partial charge in [-0.1, -0.05) is 0 Å². The van der Waals surface area contributed by atoms with Crippen molar-refractivity contribution in [3.05, 3.63) is 0 Å². The van der Waals surface area contributed by atoms with E-state index in [2.05, 4.69) is 9.62 Å². The molecule has 0 bridgehead atoms. The van der Waals surface area contributed by atoms with Crippen LogP contribution in [-0.4, -0.2) is 63.2 Å². The summed E-state index contributed by atoms with van der Waals surface area (Å²) in [5.74, 6) is -3.40. The molecule has 1 saturated heterocycles. The molecule has 0 saturated carbocycles. The van der Waals surface area contributed by atoms with Crippen LogP contribution in [0.2, 0.25) is 0 Å². The van der Waals surface area contributed by atoms with Gasteiger partial charge in [0.15, 0.2) is 9.84 Å².